The minimum absolute atomic E-state index is 0.0482. The van der Waals surface area contributed by atoms with Crippen LogP contribution in [0.3, 0.4) is 0 Å². The Kier molecular flexibility index (Phi) is 4.74. The summed E-state index contributed by atoms with van der Waals surface area (Å²) in [6, 6.07) is 8.40. The average molecular weight is 355 g/mol. The second-order valence-electron chi connectivity index (χ2n) is 7.13. The predicted molar refractivity (Wildman–Crippen MR) is 96.5 cm³/mol. The van der Waals surface area contributed by atoms with Gasteiger partial charge in [0.1, 0.15) is 0 Å². The Morgan fingerprint density at radius 1 is 1.35 bits per heavy atom. The molecule has 0 bridgehead atoms. The van der Waals surface area contributed by atoms with E-state index in [-0.39, 0.29) is 18.0 Å². The van der Waals surface area contributed by atoms with Gasteiger partial charge in [0, 0.05) is 33.1 Å². The van der Waals surface area contributed by atoms with Crippen LogP contribution in [0.1, 0.15) is 41.8 Å². The molecular weight excluding hydrogens is 330 g/mol. The van der Waals surface area contributed by atoms with E-state index in [2.05, 4.69) is 45.6 Å². The van der Waals surface area contributed by atoms with Crippen LogP contribution in [0, 0.1) is 0 Å². The Labute approximate surface area is 153 Å². The molecule has 0 spiro atoms. The van der Waals surface area contributed by atoms with Crippen molar-refractivity contribution in [2.45, 2.75) is 31.8 Å². The van der Waals surface area contributed by atoms with Crippen molar-refractivity contribution < 1.29 is 9.32 Å². The number of amides is 1. The molecule has 1 amide bonds. The van der Waals surface area contributed by atoms with Crippen LogP contribution in [-0.4, -0.2) is 59.1 Å². The van der Waals surface area contributed by atoms with Gasteiger partial charge < -0.3 is 14.7 Å². The predicted octanol–water partition coefficient (Wildman–Crippen LogP) is 1.33. The van der Waals surface area contributed by atoms with Crippen LogP contribution in [0.25, 0.3) is 0 Å². The molecule has 1 fully saturated rings. The summed E-state index contributed by atoms with van der Waals surface area (Å²) in [5.41, 5.74) is 2.48. The zero-order chi connectivity index (χ0) is 18.1. The molecule has 0 radical (unpaired) electrons. The molecule has 2 atom stereocenters. The highest BCUT2D eigenvalue weighted by Crippen LogP contribution is 2.32. The Balaban J connectivity index is 1.58. The molecule has 1 aromatic heterocycles. The number of hydrogen-bond acceptors (Lipinski definition) is 6. The average Bonchev–Trinajstić information content (AvgIpc) is 3.10. The molecule has 26 heavy (non-hydrogen) atoms. The Morgan fingerprint density at radius 3 is 3.00 bits per heavy atom. The second kappa shape index (κ2) is 7.17. The topological polar surface area (TPSA) is 74.5 Å². The number of fused-ring (bicyclic) bond motifs is 1. The summed E-state index contributed by atoms with van der Waals surface area (Å²) < 4.78 is 5.56. The molecule has 0 aliphatic carbocycles. The van der Waals surface area contributed by atoms with E-state index in [1.165, 1.54) is 11.1 Å². The molecule has 2 unspecified atom stereocenters. The minimum atomic E-state index is -0.0482. The van der Waals surface area contributed by atoms with Crippen molar-refractivity contribution in [3.63, 3.8) is 0 Å². The van der Waals surface area contributed by atoms with Crippen LogP contribution < -0.4 is 5.32 Å². The molecule has 2 aliphatic heterocycles. The van der Waals surface area contributed by atoms with Gasteiger partial charge >= 0.3 is 0 Å². The van der Waals surface area contributed by atoms with E-state index in [1.807, 2.05) is 11.0 Å². The summed E-state index contributed by atoms with van der Waals surface area (Å²) in [5.74, 6) is 1.39. The Bertz CT molecular complexity index is 790. The first-order chi connectivity index (χ1) is 12.6. The van der Waals surface area contributed by atoms with Gasteiger partial charge in [0.05, 0.1) is 18.5 Å². The molecular formula is C19H25N5O2. The SMILES string of the molecule is CC(=O)N1CCc2ccccc2C1Cc1nc(C2CNCCN2C)no1. The van der Waals surface area contributed by atoms with Crippen molar-refractivity contribution in [1.82, 2.24) is 25.3 Å². The normalized spacial score (nSPS) is 23.7. The van der Waals surface area contributed by atoms with Crippen LogP contribution in [-0.2, 0) is 17.6 Å². The summed E-state index contributed by atoms with van der Waals surface area (Å²) in [6.45, 7) is 5.12. The third-order valence-electron chi connectivity index (χ3n) is 5.48. The molecule has 1 N–H and O–H groups in total. The van der Waals surface area contributed by atoms with Crippen molar-refractivity contribution >= 4 is 5.91 Å². The number of benzene rings is 1. The van der Waals surface area contributed by atoms with Gasteiger partial charge in [0.25, 0.3) is 0 Å². The lowest BCUT2D eigenvalue weighted by Gasteiger charge is -2.36. The van der Waals surface area contributed by atoms with Crippen LogP contribution >= 0.6 is 0 Å². The fraction of sp³-hybridized carbons (Fsp3) is 0.526. The number of carbonyl (C=O) groups excluding carboxylic acids is 1. The molecule has 3 heterocycles. The maximum atomic E-state index is 12.1. The van der Waals surface area contributed by atoms with Crippen molar-refractivity contribution in [2.75, 3.05) is 33.2 Å². The van der Waals surface area contributed by atoms with Gasteiger partial charge in [-0.1, -0.05) is 29.4 Å². The zero-order valence-corrected chi connectivity index (χ0v) is 15.3. The van der Waals surface area contributed by atoms with Gasteiger partial charge in [0.2, 0.25) is 11.8 Å². The molecule has 7 heteroatoms. The van der Waals surface area contributed by atoms with E-state index in [0.29, 0.717) is 18.1 Å². The first-order valence-corrected chi connectivity index (χ1v) is 9.22. The van der Waals surface area contributed by atoms with E-state index in [9.17, 15) is 4.79 Å². The number of rotatable bonds is 3. The van der Waals surface area contributed by atoms with Crippen molar-refractivity contribution in [2.24, 2.45) is 0 Å². The lowest BCUT2D eigenvalue weighted by Crippen LogP contribution is -2.44. The van der Waals surface area contributed by atoms with Crippen LogP contribution in [0.5, 0.6) is 0 Å². The van der Waals surface area contributed by atoms with Crippen LogP contribution in [0.2, 0.25) is 0 Å². The van der Waals surface area contributed by atoms with Gasteiger partial charge in [-0.2, -0.15) is 4.98 Å². The molecule has 1 saturated heterocycles. The van der Waals surface area contributed by atoms with Gasteiger partial charge in [0.15, 0.2) is 5.82 Å². The van der Waals surface area contributed by atoms with Crippen LogP contribution in [0.15, 0.2) is 28.8 Å². The van der Waals surface area contributed by atoms with E-state index in [1.54, 1.807) is 6.92 Å². The highest BCUT2D eigenvalue weighted by molar-refractivity contribution is 5.74. The molecule has 1 aromatic carbocycles. The highest BCUT2D eigenvalue weighted by atomic mass is 16.5. The summed E-state index contributed by atoms with van der Waals surface area (Å²) in [6.07, 6.45) is 1.44. The van der Waals surface area contributed by atoms with Gasteiger partial charge in [-0.25, -0.2) is 0 Å². The standard InChI is InChI=1S/C19H25N5O2/c1-13(25)24-9-7-14-5-3-4-6-15(14)16(24)11-18-21-19(22-26-18)17-12-20-8-10-23(17)2/h3-6,16-17,20H,7-12H2,1-2H3. The summed E-state index contributed by atoms with van der Waals surface area (Å²) in [4.78, 5) is 21.0. The summed E-state index contributed by atoms with van der Waals surface area (Å²) in [5, 5.41) is 7.58. The maximum Gasteiger partial charge on any atom is 0.229 e. The lowest BCUT2D eigenvalue weighted by molar-refractivity contribution is -0.131. The third kappa shape index (κ3) is 3.24. The van der Waals surface area contributed by atoms with Crippen LogP contribution in [0.4, 0.5) is 0 Å². The smallest absolute Gasteiger partial charge is 0.229 e. The zero-order valence-electron chi connectivity index (χ0n) is 15.3. The molecule has 4 rings (SSSR count). The number of likely N-dealkylation sites (N-methyl/N-ethyl adjacent to an activating group) is 1. The van der Waals surface area contributed by atoms with E-state index >= 15 is 0 Å². The van der Waals surface area contributed by atoms with E-state index < -0.39 is 0 Å². The van der Waals surface area contributed by atoms with E-state index in [0.717, 1.165) is 32.6 Å². The molecule has 2 aromatic rings. The second-order valence-corrected chi connectivity index (χ2v) is 7.13. The Morgan fingerprint density at radius 2 is 2.19 bits per heavy atom. The maximum absolute atomic E-state index is 12.1. The molecule has 2 aliphatic rings. The monoisotopic (exact) mass is 355 g/mol. The fourth-order valence-electron chi connectivity index (χ4n) is 3.99. The molecule has 0 saturated carbocycles. The van der Waals surface area contributed by atoms with Crippen molar-refractivity contribution in [3.8, 4) is 0 Å². The van der Waals surface area contributed by atoms with Gasteiger partial charge in [-0.05, 0) is 24.6 Å². The third-order valence-corrected chi connectivity index (χ3v) is 5.48. The van der Waals surface area contributed by atoms with Gasteiger partial charge in [-0.3, -0.25) is 9.69 Å². The first kappa shape index (κ1) is 17.2. The largest absolute Gasteiger partial charge is 0.339 e. The molecule has 7 nitrogen and oxygen atoms in total. The van der Waals surface area contributed by atoms with Crippen molar-refractivity contribution in [3.05, 3.63) is 47.1 Å². The quantitative estimate of drug-likeness (QED) is 0.895. The number of hydrogen-bond donors (Lipinski definition) is 1. The fourth-order valence-corrected chi connectivity index (χ4v) is 3.99. The van der Waals surface area contributed by atoms with E-state index in [4.69, 9.17) is 4.52 Å². The summed E-state index contributed by atoms with van der Waals surface area (Å²) >= 11 is 0. The number of nitrogens with zero attached hydrogens (tertiary/aromatic N) is 4. The number of aromatic nitrogens is 2. The Hall–Kier alpha value is -2.25. The first-order valence-electron chi connectivity index (χ1n) is 9.22. The van der Waals surface area contributed by atoms with Gasteiger partial charge in [-0.15, -0.1) is 0 Å². The number of nitrogens with one attached hydrogen (secondary N) is 1. The summed E-state index contributed by atoms with van der Waals surface area (Å²) in [7, 11) is 2.08. The lowest BCUT2D eigenvalue weighted by atomic mass is 9.90. The number of piperazine rings is 1. The minimum Gasteiger partial charge on any atom is -0.339 e. The number of carbonyl (C=O) groups is 1. The molecule has 138 valence electrons. The highest BCUT2D eigenvalue weighted by Gasteiger charge is 2.31. The van der Waals surface area contributed by atoms with Crippen molar-refractivity contribution in [1.29, 1.82) is 0 Å².